The summed E-state index contributed by atoms with van der Waals surface area (Å²) in [4.78, 5) is 26.9. The molecule has 30 heavy (non-hydrogen) atoms. The molecule has 3 rings (SSSR count). The Hall–Kier alpha value is -4.06. The molecule has 9 heteroatoms. The van der Waals surface area contributed by atoms with Crippen molar-refractivity contribution in [3.05, 3.63) is 70.4 Å². The van der Waals surface area contributed by atoms with Crippen molar-refractivity contribution < 1.29 is 14.5 Å². The maximum atomic E-state index is 12.4. The number of rotatable bonds is 6. The first-order valence-corrected chi connectivity index (χ1v) is 9.31. The number of amides is 1. The van der Waals surface area contributed by atoms with E-state index in [9.17, 15) is 20.2 Å². The number of nitriles is 1. The van der Waals surface area contributed by atoms with E-state index in [1.807, 2.05) is 35.2 Å². The van der Waals surface area contributed by atoms with Gasteiger partial charge in [-0.3, -0.25) is 14.9 Å². The lowest BCUT2D eigenvalue weighted by Gasteiger charge is -2.36. The Morgan fingerprint density at radius 3 is 2.60 bits per heavy atom. The van der Waals surface area contributed by atoms with Crippen LogP contribution in [0.15, 0.2) is 60.3 Å². The number of methoxy groups -OCH3 is 1. The van der Waals surface area contributed by atoms with Crippen LogP contribution in [0.4, 0.5) is 17.1 Å². The first-order valence-electron chi connectivity index (χ1n) is 9.31. The highest BCUT2D eigenvalue weighted by atomic mass is 16.6. The smallest absolute Gasteiger partial charge is 0.271 e. The molecule has 154 valence electrons. The SMILES string of the molecule is COc1ccccc1N1CCN(/C=C(/C#N)C(=O)Nc2cccc([N+](=O)[O-])c2)CC1. The summed E-state index contributed by atoms with van der Waals surface area (Å²) >= 11 is 0. The molecule has 0 saturated carbocycles. The first kappa shape index (κ1) is 20.7. The van der Waals surface area contributed by atoms with Crippen LogP contribution in [0.25, 0.3) is 0 Å². The second-order valence-electron chi connectivity index (χ2n) is 6.61. The predicted molar refractivity (Wildman–Crippen MR) is 112 cm³/mol. The summed E-state index contributed by atoms with van der Waals surface area (Å²) in [5.41, 5.74) is 1.07. The van der Waals surface area contributed by atoms with Crippen LogP contribution in [0.5, 0.6) is 5.75 Å². The fourth-order valence-electron chi connectivity index (χ4n) is 3.20. The molecule has 1 heterocycles. The average Bonchev–Trinajstić information content (AvgIpc) is 2.78. The van der Waals surface area contributed by atoms with Crippen molar-refractivity contribution in [3.63, 3.8) is 0 Å². The molecular formula is C21H21N5O4. The van der Waals surface area contributed by atoms with Crippen LogP contribution in [0, 0.1) is 21.4 Å². The van der Waals surface area contributed by atoms with Gasteiger partial charge in [-0.15, -0.1) is 0 Å². The monoisotopic (exact) mass is 407 g/mol. The lowest BCUT2D eigenvalue weighted by molar-refractivity contribution is -0.384. The van der Waals surface area contributed by atoms with Crippen molar-refractivity contribution in [1.82, 2.24) is 4.90 Å². The first-order chi connectivity index (χ1) is 14.5. The molecule has 9 nitrogen and oxygen atoms in total. The van der Waals surface area contributed by atoms with E-state index in [1.165, 1.54) is 30.5 Å². The van der Waals surface area contributed by atoms with Gasteiger partial charge in [-0.05, 0) is 18.2 Å². The summed E-state index contributed by atoms with van der Waals surface area (Å²) in [5, 5.41) is 22.8. The van der Waals surface area contributed by atoms with Gasteiger partial charge in [0.15, 0.2) is 0 Å². The number of carbonyl (C=O) groups excluding carboxylic acids is 1. The predicted octanol–water partition coefficient (Wildman–Crippen LogP) is 2.77. The molecule has 0 spiro atoms. The van der Waals surface area contributed by atoms with Crippen LogP contribution in [0.3, 0.4) is 0 Å². The summed E-state index contributed by atoms with van der Waals surface area (Å²) in [6.07, 6.45) is 1.53. The largest absolute Gasteiger partial charge is 0.495 e. The standard InChI is InChI=1S/C21H21N5O4/c1-30-20-8-3-2-7-19(20)25-11-9-24(10-12-25)15-16(14-22)21(27)23-17-5-4-6-18(13-17)26(28)29/h2-8,13,15H,9-12H2,1H3,(H,23,27)/b16-15-. The molecule has 1 amide bonds. The quantitative estimate of drug-likeness (QED) is 0.339. The number of benzene rings is 2. The van der Waals surface area contributed by atoms with E-state index in [-0.39, 0.29) is 16.9 Å². The molecule has 0 aromatic heterocycles. The molecule has 2 aromatic rings. The molecule has 1 N–H and O–H groups in total. The van der Waals surface area contributed by atoms with E-state index < -0.39 is 10.8 Å². The second kappa shape index (κ2) is 9.43. The third-order valence-electron chi connectivity index (χ3n) is 4.73. The molecule has 0 atom stereocenters. The number of ether oxygens (including phenoxy) is 1. The maximum Gasteiger partial charge on any atom is 0.271 e. The lowest BCUT2D eigenvalue weighted by Crippen LogP contribution is -2.44. The number of nitro benzene ring substituents is 1. The van der Waals surface area contributed by atoms with Gasteiger partial charge in [0.1, 0.15) is 17.4 Å². The van der Waals surface area contributed by atoms with Gasteiger partial charge in [0.2, 0.25) is 0 Å². The van der Waals surface area contributed by atoms with Crippen LogP contribution in [0.2, 0.25) is 0 Å². The summed E-state index contributed by atoms with van der Waals surface area (Å²) in [6, 6.07) is 15.3. The van der Waals surface area contributed by atoms with Gasteiger partial charge >= 0.3 is 0 Å². The molecule has 1 aliphatic rings. The number of para-hydroxylation sites is 2. The molecule has 1 saturated heterocycles. The normalized spacial score (nSPS) is 14.1. The number of nitro groups is 1. The fraction of sp³-hybridized carbons (Fsp3) is 0.238. The molecule has 1 aliphatic heterocycles. The fourth-order valence-corrected chi connectivity index (χ4v) is 3.20. The average molecular weight is 407 g/mol. The van der Waals surface area contributed by atoms with Gasteiger partial charge in [0, 0.05) is 50.2 Å². The Morgan fingerprint density at radius 2 is 1.93 bits per heavy atom. The molecule has 0 unspecified atom stereocenters. The topological polar surface area (TPSA) is 112 Å². The van der Waals surface area contributed by atoms with E-state index in [0.717, 1.165) is 11.4 Å². The van der Waals surface area contributed by atoms with Crippen LogP contribution < -0.4 is 15.0 Å². The summed E-state index contributed by atoms with van der Waals surface area (Å²) < 4.78 is 5.41. The van der Waals surface area contributed by atoms with E-state index >= 15 is 0 Å². The van der Waals surface area contributed by atoms with E-state index in [2.05, 4.69) is 10.2 Å². The minimum atomic E-state index is -0.606. The van der Waals surface area contributed by atoms with Crippen LogP contribution >= 0.6 is 0 Å². The number of hydrogen-bond acceptors (Lipinski definition) is 7. The minimum absolute atomic E-state index is 0.0627. The zero-order chi connectivity index (χ0) is 21.5. The van der Waals surface area contributed by atoms with Crippen molar-refractivity contribution in [3.8, 4) is 11.8 Å². The number of nitrogens with one attached hydrogen (secondary N) is 1. The Balaban J connectivity index is 1.64. The summed E-state index contributed by atoms with van der Waals surface area (Å²) in [5.74, 6) is 0.195. The number of piperazine rings is 1. The van der Waals surface area contributed by atoms with Gasteiger partial charge in [-0.25, -0.2) is 0 Å². The number of hydrogen-bond donors (Lipinski definition) is 1. The molecule has 2 aromatic carbocycles. The van der Waals surface area contributed by atoms with Crippen molar-refractivity contribution in [2.24, 2.45) is 0 Å². The van der Waals surface area contributed by atoms with Gasteiger partial charge in [0.05, 0.1) is 17.7 Å². The maximum absolute atomic E-state index is 12.4. The Kier molecular flexibility index (Phi) is 6.49. The molecule has 1 fully saturated rings. The third-order valence-corrected chi connectivity index (χ3v) is 4.73. The molecule has 0 bridgehead atoms. The lowest BCUT2D eigenvalue weighted by atomic mass is 10.2. The number of carbonyl (C=O) groups is 1. The highest BCUT2D eigenvalue weighted by molar-refractivity contribution is 6.06. The van der Waals surface area contributed by atoms with E-state index in [4.69, 9.17) is 4.74 Å². The van der Waals surface area contributed by atoms with Crippen molar-refractivity contribution >= 4 is 23.0 Å². The minimum Gasteiger partial charge on any atom is -0.495 e. The summed E-state index contributed by atoms with van der Waals surface area (Å²) in [7, 11) is 1.64. The van der Waals surface area contributed by atoms with Gasteiger partial charge in [0.25, 0.3) is 11.6 Å². The Labute approximate surface area is 173 Å². The Morgan fingerprint density at radius 1 is 1.20 bits per heavy atom. The van der Waals surface area contributed by atoms with Crippen molar-refractivity contribution in [1.29, 1.82) is 5.26 Å². The summed E-state index contributed by atoms with van der Waals surface area (Å²) in [6.45, 7) is 2.69. The zero-order valence-corrected chi connectivity index (χ0v) is 16.4. The Bertz CT molecular complexity index is 1010. The molecule has 0 aliphatic carbocycles. The number of nitrogens with zero attached hydrogens (tertiary/aromatic N) is 4. The van der Waals surface area contributed by atoms with Crippen molar-refractivity contribution in [2.75, 3.05) is 43.5 Å². The molecule has 0 radical (unpaired) electrons. The van der Waals surface area contributed by atoms with Crippen LogP contribution in [-0.2, 0) is 4.79 Å². The highest BCUT2D eigenvalue weighted by Crippen LogP contribution is 2.28. The van der Waals surface area contributed by atoms with Crippen molar-refractivity contribution in [2.45, 2.75) is 0 Å². The van der Waals surface area contributed by atoms with E-state index in [1.54, 1.807) is 7.11 Å². The number of anilines is 2. The van der Waals surface area contributed by atoms with Crippen LogP contribution in [0.1, 0.15) is 0 Å². The van der Waals surface area contributed by atoms with Gasteiger partial charge in [-0.1, -0.05) is 18.2 Å². The zero-order valence-electron chi connectivity index (χ0n) is 16.4. The second-order valence-corrected chi connectivity index (χ2v) is 6.61. The molecular weight excluding hydrogens is 386 g/mol. The third kappa shape index (κ3) is 4.86. The highest BCUT2D eigenvalue weighted by Gasteiger charge is 2.20. The van der Waals surface area contributed by atoms with Crippen LogP contribution in [-0.4, -0.2) is 49.0 Å². The van der Waals surface area contributed by atoms with Gasteiger partial charge < -0.3 is 19.9 Å². The van der Waals surface area contributed by atoms with Gasteiger partial charge in [-0.2, -0.15) is 5.26 Å². The van der Waals surface area contributed by atoms with E-state index in [0.29, 0.717) is 26.2 Å². The number of non-ortho nitro benzene ring substituents is 1.